The number of nitrogens with zero attached hydrogens (tertiary/aromatic N) is 2. The summed E-state index contributed by atoms with van der Waals surface area (Å²) in [7, 11) is 3.09. The van der Waals surface area contributed by atoms with Gasteiger partial charge in [0.05, 0.1) is 24.1 Å². The fourth-order valence-electron chi connectivity index (χ4n) is 1.86. The molecule has 1 heterocycles. The normalized spacial score (nSPS) is 15.1. The summed E-state index contributed by atoms with van der Waals surface area (Å²) in [5.74, 6) is -0.720. The number of hydrogen-bond donors (Lipinski definition) is 1. The molecular formula is C11H14FN3O3. The van der Waals surface area contributed by atoms with E-state index < -0.39 is 10.7 Å². The van der Waals surface area contributed by atoms with Crippen molar-refractivity contribution in [3.8, 4) is 5.75 Å². The van der Waals surface area contributed by atoms with Crippen LogP contribution in [0, 0.1) is 15.9 Å². The van der Waals surface area contributed by atoms with Crippen LogP contribution >= 0.6 is 0 Å². The molecule has 0 aliphatic carbocycles. The number of methoxy groups -OCH3 is 1. The minimum Gasteiger partial charge on any atom is -0.494 e. The van der Waals surface area contributed by atoms with Crippen LogP contribution in [0.2, 0.25) is 0 Å². The zero-order chi connectivity index (χ0) is 13.3. The van der Waals surface area contributed by atoms with E-state index in [0.29, 0.717) is 5.69 Å². The van der Waals surface area contributed by atoms with Crippen LogP contribution in [0.25, 0.3) is 0 Å². The van der Waals surface area contributed by atoms with Crippen molar-refractivity contribution >= 4 is 11.4 Å². The van der Waals surface area contributed by atoms with E-state index in [1.165, 1.54) is 13.2 Å². The lowest BCUT2D eigenvalue weighted by Crippen LogP contribution is -2.56. The van der Waals surface area contributed by atoms with Crippen molar-refractivity contribution in [3.63, 3.8) is 0 Å². The number of rotatable bonds is 4. The van der Waals surface area contributed by atoms with Gasteiger partial charge in [-0.25, -0.2) is 4.39 Å². The van der Waals surface area contributed by atoms with Gasteiger partial charge in [0.25, 0.3) is 5.69 Å². The zero-order valence-electron chi connectivity index (χ0n) is 10.1. The van der Waals surface area contributed by atoms with Gasteiger partial charge in [-0.1, -0.05) is 0 Å². The monoisotopic (exact) mass is 255 g/mol. The molecule has 6 nitrogen and oxygen atoms in total. The second kappa shape index (κ2) is 4.77. The lowest BCUT2D eigenvalue weighted by atomic mass is 10.1. The molecule has 1 saturated heterocycles. The SMILES string of the molecule is COc1cc(N(C)C2CNC2)c([N+](=O)[O-])cc1F. The van der Waals surface area contributed by atoms with E-state index in [9.17, 15) is 14.5 Å². The lowest BCUT2D eigenvalue weighted by molar-refractivity contribution is -0.384. The molecule has 0 unspecified atom stereocenters. The molecule has 1 aliphatic rings. The van der Waals surface area contributed by atoms with Gasteiger partial charge in [0.1, 0.15) is 5.69 Å². The van der Waals surface area contributed by atoms with Crippen LogP contribution in [0.1, 0.15) is 0 Å². The van der Waals surface area contributed by atoms with Crippen LogP contribution in [0.4, 0.5) is 15.8 Å². The summed E-state index contributed by atoms with van der Waals surface area (Å²) < 4.78 is 18.4. The number of halogens is 1. The molecular weight excluding hydrogens is 241 g/mol. The molecule has 2 rings (SSSR count). The molecule has 0 atom stereocenters. The zero-order valence-corrected chi connectivity index (χ0v) is 10.1. The van der Waals surface area contributed by atoms with Gasteiger partial charge < -0.3 is 15.0 Å². The van der Waals surface area contributed by atoms with E-state index in [2.05, 4.69) is 5.32 Å². The number of hydrogen-bond acceptors (Lipinski definition) is 5. The third-order valence-electron chi connectivity index (χ3n) is 3.13. The average molecular weight is 255 g/mol. The molecule has 1 aromatic rings. The van der Waals surface area contributed by atoms with Gasteiger partial charge in [0.2, 0.25) is 0 Å². The third kappa shape index (κ3) is 2.08. The van der Waals surface area contributed by atoms with Crippen molar-refractivity contribution in [1.29, 1.82) is 0 Å². The maximum absolute atomic E-state index is 13.5. The highest BCUT2D eigenvalue weighted by molar-refractivity contribution is 5.66. The number of nitro groups is 1. The van der Waals surface area contributed by atoms with Crippen LogP contribution in [0.3, 0.4) is 0 Å². The average Bonchev–Trinajstić information content (AvgIpc) is 2.25. The largest absolute Gasteiger partial charge is 0.494 e. The first kappa shape index (κ1) is 12.6. The van der Waals surface area contributed by atoms with E-state index in [-0.39, 0.29) is 17.5 Å². The fourth-order valence-corrected chi connectivity index (χ4v) is 1.86. The Kier molecular flexibility index (Phi) is 3.33. The van der Waals surface area contributed by atoms with Gasteiger partial charge in [-0.3, -0.25) is 10.1 Å². The molecule has 1 N–H and O–H groups in total. The third-order valence-corrected chi connectivity index (χ3v) is 3.13. The molecule has 0 radical (unpaired) electrons. The van der Waals surface area contributed by atoms with Crippen LogP contribution in [0.5, 0.6) is 5.75 Å². The molecule has 0 spiro atoms. The predicted octanol–water partition coefficient (Wildman–Crippen LogP) is 1.15. The summed E-state index contributed by atoms with van der Waals surface area (Å²) in [5, 5.41) is 14.0. The minimum atomic E-state index is -0.729. The highest BCUT2D eigenvalue weighted by Crippen LogP contribution is 2.35. The Bertz CT molecular complexity index is 477. The highest BCUT2D eigenvalue weighted by atomic mass is 19.1. The molecule has 0 saturated carbocycles. The van der Waals surface area contributed by atoms with Gasteiger partial charge >= 0.3 is 0 Å². The van der Waals surface area contributed by atoms with Crippen molar-refractivity contribution in [2.24, 2.45) is 0 Å². The lowest BCUT2D eigenvalue weighted by Gasteiger charge is -2.36. The maximum Gasteiger partial charge on any atom is 0.295 e. The van der Waals surface area contributed by atoms with Crippen molar-refractivity contribution in [1.82, 2.24) is 5.32 Å². The van der Waals surface area contributed by atoms with Gasteiger partial charge in [-0.15, -0.1) is 0 Å². The number of nitrogens with one attached hydrogen (secondary N) is 1. The van der Waals surface area contributed by atoms with Gasteiger partial charge in [0.15, 0.2) is 11.6 Å². The summed E-state index contributed by atoms with van der Waals surface area (Å²) in [5.41, 5.74) is 0.118. The second-order valence-electron chi connectivity index (χ2n) is 4.16. The van der Waals surface area contributed by atoms with E-state index in [1.54, 1.807) is 11.9 Å². The van der Waals surface area contributed by atoms with Crippen LogP contribution in [0.15, 0.2) is 12.1 Å². The number of likely N-dealkylation sites (N-methyl/N-ethyl adjacent to an activating group) is 1. The van der Waals surface area contributed by atoms with Crippen LogP contribution < -0.4 is 15.0 Å². The van der Waals surface area contributed by atoms with E-state index in [0.717, 1.165) is 19.2 Å². The number of nitro benzene ring substituents is 1. The van der Waals surface area contributed by atoms with E-state index >= 15 is 0 Å². The molecule has 98 valence electrons. The molecule has 1 aliphatic heterocycles. The molecule has 1 aromatic carbocycles. The first-order valence-corrected chi connectivity index (χ1v) is 5.50. The highest BCUT2D eigenvalue weighted by Gasteiger charge is 2.28. The topological polar surface area (TPSA) is 67.6 Å². The van der Waals surface area contributed by atoms with Crippen molar-refractivity contribution in [3.05, 3.63) is 28.1 Å². The minimum absolute atomic E-state index is 0.00901. The molecule has 0 amide bonds. The molecule has 18 heavy (non-hydrogen) atoms. The van der Waals surface area contributed by atoms with E-state index in [1.807, 2.05) is 0 Å². The van der Waals surface area contributed by atoms with Crippen molar-refractivity contribution < 1.29 is 14.1 Å². The standard InChI is InChI=1S/C11H14FN3O3/c1-14(7-5-13-6-7)9-4-11(18-2)8(12)3-10(9)15(16)17/h3-4,7,13H,5-6H2,1-2H3. The Morgan fingerprint density at radius 1 is 1.56 bits per heavy atom. The summed E-state index contributed by atoms with van der Waals surface area (Å²) in [4.78, 5) is 12.2. The van der Waals surface area contributed by atoms with Gasteiger partial charge in [-0.2, -0.15) is 0 Å². The molecule has 0 aromatic heterocycles. The van der Waals surface area contributed by atoms with Crippen LogP contribution in [-0.4, -0.2) is 38.2 Å². The smallest absolute Gasteiger partial charge is 0.295 e. The Morgan fingerprint density at radius 2 is 2.22 bits per heavy atom. The van der Waals surface area contributed by atoms with Crippen molar-refractivity contribution in [2.75, 3.05) is 32.1 Å². The Balaban J connectivity index is 2.44. The number of anilines is 1. The summed E-state index contributed by atoms with van der Waals surface area (Å²) in [6, 6.07) is 2.45. The quantitative estimate of drug-likeness (QED) is 0.645. The first-order chi connectivity index (χ1) is 8.54. The van der Waals surface area contributed by atoms with Crippen molar-refractivity contribution in [2.45, 2.75) is 6.04 Å². The van der Waals surface area contributed by atoms with Gasteiger partial charge in [0, 0.05) is 26.2 Å². The Labute approximate surface area is 103 Å². The Morgan fingerprint density at radius 3 is 2.67 bits per heavy atom. The predicted molar refractivity (Wildman–Crippen MR) is 64.7 cm³/mol. The first-order valence-electron chi connectivity index (χ1n) is 5.50. The second-order valence-corrected chi connectivity index (χ2v) is 4.16. The van der Waals surface area contributed by atoms with Crippen LogP contribution in [-0.2, 0) is 0 Å². The molecule has 7 heteroatoms. The Hall–Kier alpha value is -1.89. The maximum atomic E-state index is 13.5. The molecule has 1 fully saturated rings. The van der Waals surface area contributed by atoms with E-state index in [4.69, 9.17) is 4.74 Å². The number of ether oxygens (including phenoxy) is 1. The fraction of sp³-hybridized carbons (Fsp3) is 0.455. The van der Waals surface area contributed by atoms with Gasteiger partial charge in [-0.05, 0) is 0 Å². The molecule has 0 bridgehead atoms. The summed E-state index contributed by atoms with van der Waals surface area (Å²) in [6.07, 6.45) is 0. The summed E-state index contributed by atoms with van der Waals surface area (Å²) >= 11 is 0. The number of benzene rings is 1. The summed E-state index contributed by atoms with van der Waals surface area (Å²) in [6.45, 7) is 1.51.